The second kappa shape index (κ2) is 6.99. The Labute approximate surface area is 131 Å². The van der Waals surface area contributed by atoms with Crippen LogP contribution in [0.2, 0.25) is 0 Å². The molecule has 0 aliphatic carbocycles. The summed E-state index contributed by atoms with van der Waals surface area (Å²) in [6, 6.07) is 10.7. The molecular formula is C18H23NO3. The van der Waals surface area contributed by atoms with E-state index in [0.29, 0.717) is 0 Å². The highest BCUT2D eigenvalue weighted by Gasteiger charge is 2.10. The third-order valence-corrected chi connectivity index (χ3v) is 4.23. The molecule has 22 heavy (non-hydrogen) atoms. The highest BCUT2D eigenvalue weighted by molar-refractivity contribution is 5.86. The summed E-state index contributed by atoms with van der Waals surface area (Å²) in [4.78, 5) is 2.46. The van der Waals surface area contributed by atoms with Crippen LogP contribution in [0.5, 0.6) is 11.5 Å². The van der Waals surface area contributed by atoms with E-state index >= 15 is 0 Å². The monoisotopic (exact) mass is 301 g/mol. The number of fused-ring (bicyclic) bond motifs is 1. The highest BCUT2D eigenvalue weighted by atomic mass is 16.5. The van der Waals surface area contributed by atoms with Crippen molar-refractivity contribution in [3.05, 3.63) is 35.9 Å². The molecule has 0 bridgehead atoms. The number of methoxy groups -OCH3 is 2. The molecule has 1 aliphatic heterocycles. The first-order chi connectivity index (χ1) is 10.8. The maximum Gasteiger partial charge on any atom is 0.161 e. The van der Waals surface area contributed by atoms with E-state index in [0.717, 1.165) is 50.8 Å². The van der Waals surface area contributed by atoms with Gasteiger partial charge in [-0.25, -0.2) is 0 Å². The second-order valence-corrected chi connectivity index (χ2v) is 5.59. The van der Waals surface area contributed by atoms with Gasteiger partial charge in [0.05, 0.1) is 27.4 Å². The first-order valence-electron chi connectivity index (χ1n) is 7.75. The first kappa shape index (κ1) is 15.1. The smallest absolute Gasteiger partial charge is 0.161 e. The lowest BCUT2D eigenvalue weighted by molar-refractivity contribution is 0.0384. The predicted octanol–water partition coefficient (Wildman–Crippen LogP) is 2.73. The summed E-state index contributed by atoms with van der Waals surface area (Å²) in [6.07, 6.45) is 1.06. The van der Waals surface area contributed by atoms with Crippen molar-refractivity contribution in [1.82, 2.24) is 4.90 Å². The van der Waals surface area contributed by atoms with Crippen LogP contribution in [0.4, 0.5) is 0 Å². The Morgan fingerprint density at radius 1 is 0.955 bits per heavy atom. The zero-order valence-corrected chi connectivity index (χ0v) is 13.3. The Bertz CT molecular complexity index is 636. The summed E-state index contributed by atoms with van der Waals surface area (Å²) in [5.41, 5.74) is 1.35. The van der Waals surface area contributed by atoms with E-state index in [2.05, 4.69) is 23.1 Å². The Hall–Kier alpha value is -1.78. The summed E-state index contributed by atoms with van der Waals surface area (Å²) in [7, 11) is 3.34. The van der Waals surface area contributed by atoms with E-state index in [1.165, 1.54) is 16.3 Å². The molecule has 0 aromatic heterocycles. The Morgan fingerprint density at radius 3 is 2.32 bits per heavy atom. The predicted molar refractivity (Wildman–Crippen MR) is 88.0 cm³/mol. The van der Waals surface area contributed by atoms with Crippen molar-refractivity contribution in [1.29, 1.82) is 0 Å². The van der Waals surface area contributed by atoms with Crippen LogP contribution < -0.4 is 9.47 Å². The molecule has 4 heteroatoms. The molecule has 2 aromatic rings. The summed E-state index contributed by atoms with van der Waals surface area (Å²) in [6.45, 7) is 4.88. The maximum absolute atomic E-state index is 5.39. The van der Waals surface area contributed by atoms with Crippen LogP contribution in [-0.2, 0) is 11.2 Å². The topological polar surface area (TPSA) is 30.9 Å². The van der Waals surface area contributed by atoms with E-state index < -0.39 is 0 Å². The van der Waals surface area contributed by atoms with E-state index in [-0.39, 0.29) is 0 Å². The van der Waals surface area contributed by atoms with Gasteiger partial charge in [0.1, 0.15) is 0 Å². The zero-order chi connectivity index (χ0) is 15.4. The molecule has 1 saturated heterocycles. The zero-order valence-electron chi connectivity index (χ0n) is 13.3. The molecule has 0 saturated carbocycles. The molecule has 1 aliphatic rings. The van der Waals surface area contributed by atoms with Gasteiger partial charge in [-0.05, 0) is 34.9 Å². The minimum Gasteiger partial charge on any atom is -0.493 e. The van der Waals surface area contributed by atoms with E-state index in [1.54, 1.807) is 14.2 Å². The van der Waals surface area contributed by atoms with Crippen LogP contribution in [0.1, 0.15) is 5.56 Å². The van der Waals surface area contributed by atoms with Gasteiger partial charge < -0.3 is 14.2 Å². The number of rotatable bonds is 5. The molecular weight excluding hydrogens is 278 g/mol. The second-order valence-electron chi connectivity index (χ2n) is 5.59. The quantitative estimate of drug-likeness (QED) is 0.849. The summed E-state index contributed by atoms with van der Waals surface area (Å²) in [5.74, 6) is 1.55. The fourth-order valence-corrected chi connectivity index (χ4v) is 2.89. The molecule has 0 atom stereocenters. The maximum atomic E-state index is 5.39. The van der Waals surface area contributed by atoms with Crippen LogP contribution in [-0.4, -0.2) is 52.0 Å². The molecule has 4 nitrogen and oxygen atoms in total. The first-order valence-corrected chi connectivity index (χ1v) is 7.75. The van der Waals surface area contributed by atoms with Gasteiger partial charge in [0.2, 0.25) is 0 Å². The number of benzene rings is 2. The molecule has 0 unspecified atom stereocenters. The molecule has 1 fully saturated rings. The number of ether oxygens (including phenoxy) is 3. The number of hydrogen-bond acceptors (Lipinski definition) is 4. The molecule has 0 amide bonds. The molecule has 118 valence electrons. The third kappa shape index (κ3) is 3.34. The SMILES string of the molecule is COc1cc2ccc(CCN3CCOCC3)cc2cc1OC. The molecule has 0 N–H and O–H groups in total. The summed E-state index contributed by atoms with van der Waals surface area (Å²) >= 11 is 0. The van der Waals surface area contributed by atoms with Crippen LogP contribution in [0, 0.1) is 0 Å². The largest absolute Gasteiger partial charge is 0.493 e. The van der Waals surface area contributed by atoms with E-state index in [9.17, 15) is 0 Å². The highest BCUT2D eigenvalue weighted by Crippen LogP contribution is 2.32. The average Bonchev–Trinajstić information content (AvgIpc) is 2.59. The lowest BCUT2D eigenvalue weighted by Gasteiger charge is -2.26. The molecule has 3 rings (SSSR count). The van der Waals surface area contributed by atoms with Crippen molar-refractivity contribution in [2.45, 2.75) is 6.42 Å². The van der Waals surface area contributed by atoms with Gasteiger partial charge in [-0.2, -0.15) is 0 Å². The minimum absolute atomic E-state index is 0.774. The molecule has 0 spiro atoms. The Morgan fingerprint density at radius 2 is 1.64 bits per heavy atom. The third-order valence-electron chi connectivity index (χ3n) is 4.23. The van der Waals surface area contributed by atoms with Crippen LogP contribution in [0.15, 0.2) is 30.3 Å². The standard InChI is InChI=1S/C18H23NO3/c1-20-17-12-15-4-3-14(11-16(15)13-18(17)21-2)5-6-19-7-9-22-10-8-19/h3-4,11-13H,5-10H2,1-2H3. The van der Waals surface area contributed by atoms with Crippen LogP contribution in [0.25, 0.3) is 10.8 Å². The van der Waals surface area contributed by atoms with Gasteiger partial charge in [0.25, 0.3) is 0 Å². The fraction of sp³-hybridized carbons (Fsp3) is 0.444. The molecule has 0 radical (unpaired) electrons. The number of nitrogens with zero attached hydrogens (tertiary/aromatic N) is 1. The van der Waals surface area contributed by atoms with Crippen molar-refractivity contribution in [2.24, 2.45) is 0 Å². The van der Waals surface area contributed by atoms with Crippen molar-refractivity contribution in [3.8, 4) is 11.5 Å². The average molecular weight is 301 g/mol. The van der Waals surface area contributed by atoms with Crippen molar-refractivity contribution in [3.63, 3.8) is 0 Å². The van der Waals surface area contributed by atoms with E-state index in [1.807, 2.05) is 12.1 Å². The van der Waals surface area contributed by atoms with Gasteiger partial charge in [0, 0.05) is 19.6 Å². The number of hydrogen-bond donors (Lipinski definition) is 0. The summed E-state index contributed by atoms with van der Waals surface area (Å²) < 4.78 is 16.1. The van der Waals surface area contributed by atoms with Crippen LogP contribution in [0.3, 0.4) is 0 Å². The molecule has 2 aromatic carbocycles. The van der Waals surface area contributed by atoms with Gasteiger partial charge in [-0.3, -0.25) is 4.90 Å². The van der Waals surface area contributed by atoms with Gasteiger partial charge in [-0.15, -0.1) is 0 Å². The number of morpholine rings is 1. The van der Waals surface area contributed by atoms with E-state index in [4.69, 9.17) is 14.2 Å². The van der Waals surface area contributed by atoms with Gasteiger partial charge in [-0.1, -0.05) is 18.2 Å². The Kier molecular flexibility index (Phi) is 4.80. The summed E-state index contributed by atoms with van der Waals surface area (Å²) in [5, 5.41) is 2.37. The lowest BCUT2D eigenvalue weighted by atomic mass is 10.0. The fourth-order valence-electron chi connectivity index (χ4n) is 2.89. The normalized spacial score (nSPS) is 15.9. The van der Waals surface area contributed by atoms with Crippen molar-refractivity contribution < 1.29 is 14.2 Å². The lowest BCUT2D eigenvalue weighted by Crippen LogP contribution is -2.37. The van der Waals surface area contributed by atoms with Crippen molar-refractivity contribution >= 4 is 10.8 Å². The van der Waals surface area contributed by atoms with Gasteiger partial charge >= 0.3 is 0 Å². The Balaban J connectivity index is 1.76. The van der Waals surface area contributed by atoms with Crippen LogP contribution >= 0.6 is 0 Å². The minimum atomic E-state index is 0.774. The van der Waals surface area contributed by atoms with Crippen molar-refractivity contribution in [2.75, 3.05) is 47.1 Å². The molecule has 1 heterocycles. The van der Waals surface area contributed by atoms with Gasteiger partial charge in [0.15, 0.2) is 11.5 Å².